The van der Waals surface area contributed by atoms with Crippen molar-refractivity contribution >= 4 is 5.91 Å². The van der Waals surface area contributed by atoms with E-state index in [9.17, 15) is 4.79 Å². The van der Waals surface area contributed by atoms with Crippen molar-refractivity contribution in [3.8, 4) is 0 Å². The summed E-state index contributed by atoms with van der Waals surface area (Å²) in [6.45, 7) is 6.72. The van der Waals surface area contributed by atoms with E-state index in [-0.39, 0.29) is 11.9 Å². The van der Waals surface area contributed by atoms with Crippen molar-refractivity contribution in [2.24, 2.45) is 5.73 Å². The number of carbonyl (C=O) groups excluding carboxylic acids is 1. The Hall–Kier alpha value is -1.39. The number of hydrogen-bond donors (Lipinski definition) is 2. The van der Waals surface area contributed by atoms with Crippen LogP contribution in [0.4, 0.5) is 0 Å². The second kappa shape index (κ2) is 8.67. The maximum Gasteiger partial charge on any atom is 0.224 e. The van der Waals surface area contributed by atoms with Gasteiger partial charge in [-0.2, -0.15) is 0 Å². The number of benzene rings is 1. The third-order valence-corrected chi connectivity index (χ3v) is 3.26. The molecular formula is C15H25N3O. The van der Waals surface area contributed by atoms with Crippen molar-refractivity contribution in [2.75, 3.05) is 19.6 Å². The summed E-state index contributed by atoms with van der Waals surface area (Å²) in [4.78, 5) is 13.9. The number of amides is 1. The Morgan fingerprint density at radius 2 is 1.89 bits per heavy atom. The van der Waals surface area contributed by atoms with Gasteiger partial charge in [-0.3, -0.25) is 4.79 Å². The monoisotopic (exact) mass is 263 g/mol. The quantitative estimate of drug-likeness (QED) is 0.744. The van der Waals surface area contributed by atoms with Gasteiger partial charge in [-0.05, 0) is 19.4 Å². The Balaban J connectivity index is 2.43. The van der Waals surface area contributed by atoms with E-state index < -0.39 is 0 Å². The lowest BCUT2D eigenvalue weighted by molar-refractivity contribution is -0.131. The fraction of sp³-hybridized carbons (Fsp3) is 0.533. The van der Waals surface area contributed by atoms with Gasteiger partial charge in [-0.15, -0.1) is 0 Å². The molecule has 0 fully saturated rings. The predicted molar refractivity (Wildman–Crippen MR) is 78.7 cm³/mol. The number of carbonyl (C=O) groups is 1. The summed E-state index contributed by atoms with van der Waals surface area (Å²) in [6, 6.07) is 10.2. The first-order valence-corrected chi connectivity index (χ1v) is 6.96. The van der Waals surface area contributed by atoms with Crippen molar-refractivity contribution < 1.29 is 4.79 Å². The normalized spacial score (nSPS) is 12.2. The SMILES string of the molecule is CCN(CC)C(=O)CC(CN)NCc1ccccc1. The topological polar surface area (TPSA) is 58.4 Å². The van der Waals surface area contributed by atoms with Gasteiger partial charge in [0.05, 0.1) is 0 Å². The second-order valence-electron chi connectivity index (χ2n) is 4.57. The molecule has 4 nitrogen and oxygen atoms in total. The molecule has 0 heterocycles. The third kappa shape index (κ3) is 5.41. The highest BCUT2D eigenvalue weighted by atomic mass is 16.2. The van der Waals surface area contributed by atoms with Crippen molar-refractivity contribution in [1.82, 2.24) is 10.2 Å². The van der Waals surface area contributed by atoms with E-state index in [1.165, 1.54) is 5.56 Å². The highest BCUT2D eigenvalue weighted by Gasteiger charge is 2.15. The molecule has 19 heavy (non-hydrogen) atoms. The van der Waals surface area contributed by atoms with Crippen LogP contribution in [-0.2, 0) is 11.3 Å². The summed E-state index contributed by atoms with van der Waals surface area (Å²) < 4.78 is 0. The molecule has 1 aromatic carbocycles. The molecule has 1 rings (SSSR count). The van der Waals surface area contributed by atoms with Crippen LogP contribution in [0.15, 0.2) is 30.3 Å². The van der Waals surface area contributed by atoms with Crippen LogP contribution < -0.4 is 11.1 Å². The van der Waals surface area contributed by atoms with Crippen LogP contribution in [-0.4, -0.2) is 36.5 Å². The summed E-state index contributed by atoms with van der Waals surface area (Å²) in [5, 5.41) is 3.35. The first-order valence-electron chi connectivity index (χ1n) is 6.96. The molecule has 0 saturated heterocycles. The van der Waals surface area contributed by atoms with E-state index >= 15 is 0 Å². The van der Waals surface area contributed by atoms with Crippen LogP contribution in [0.25, 0.3) is 0 Å². The van der Waals surface area contributed by atoms with Crippen LogP contribution in [0.5, 0.6) is 0 Å². The largest absolute Gasteiger partial charge is 0.343 e. The zero-order chi connectivity index (χ0) is 14.1. The average molecular weight is 263 g/mol. The maximum absolute atomic E-state index is 12.0. The molecule has 0 saturated carbocycles. The Bertz CT molecular complexity index is 363. The zero-order valence-electron chi connectivity index (χ0n) is 11.9. The minimum absolute atomic E-state index is 0.0355. The van der Waals surface area contributed by atoms with Crippen LogP contribution in [0.2, 0.25) is 0 Å². The summed E-state index contributed by atoms with van der Waals surface area (Å²) in [5.74, 6) is 0.168. The van der Waals surface area contributed by atoms with Crippen LogP contribution in [0.1, 0.15) is 25.8 Å². The fourth-order valence-electron chi connectivity index (χ4n) is 2.01. The van der Waals surface area contributed by atoms with Gasteiger partial charge in [0.25, 0.3) is 0 Å². The fourth-order valence-corrected chi connectivity index (χ4v) is 2.01. The summed E-state index contributed by atoms with van der Waals surface area (Å²) in [7, 11) is 0. The molecule has 0 spiro atoms. The van der Waals surface area contributed by atoms with E-state index in [4.69, 9.17) is 5.73 Å². The van der Waals surface area contributed by atoms with Crippen molar-refractivity contribution in [2.45, 2.75) is 32.9 Å². The molecule has 1 aromatic rings. The third-order valence-electron chi connectivity index (χ3n) is 3.26. The molecule has 3 N–H and O–H groups in total. The van der Waals surface area contributed by atoms with Crippen LogP contribution in [0.3, 0.4) is 0 Å². The standard InChI is InChI=1S/C15H25N3O/c1-3-18(4-2)15(19)10-14(11-16)17-12-13-8-6-5-7-9-13/h5-9,14,17H,3-4,10-12,16H2,1-2H3. The highest BCUT2D eigenvalue weighted by Crippen LogP contribution is 2.02. The molecule has 4 heteroatoms. The average Bonchev–Trinajstić information content (AvgIpc) is 2.45. The van der Waals surface area contributed by atoms with Crippen molar-refractivity contribution in [3.05, 3.63) is 35.9 Å². The number of nitrogens with one attached hydrogen (secondary N) is 1. The molecule has 0 aliphatic carbocycles. The molecule has 1 unspecified atom stereocenters. The van der Waals surface area contributed by atoms with Gasteiger partial charge in [0.2, 0.25) is 5.91 Å². The van der Waals surface area contributed by atoms with Gasteiger partial charge >= 0.3 is 0 Å². The number of nitrogens with zero attached hydrogens (tertiary/aromatic N) is 1. The molecular weight excluding hydrogens is 238 g/mol. The van der Waals surface area contributed by atoms with Crippen LogP contribution in [0, 0.1) is 0 Å². The van der Waals surface area contributed by atoms with Gasteiger partial charge in [0.1, 0.15) is 0 Å². The van der Waals surface area contributed by atoms with Crippen LogP contribution >= 0.6 is 0 Å². The molecule has 1 amide bonds. The lowest BCUT2D eigenvalue weighted by atomic mass is 10.1. The first-order chi connectivity index (χ1) is 9.21. The Labute approximate surface area is 116 Å². The zero-order valence-corrected chi connectivity index (χ0v) is 11.9. The Morgan fingerprint density at radius 3 is 2.42 bits per heavy atom. The summed E-state index contributed by atoms with van der Waals surface area (Å²) in [6.07, 6.45) is 0.463. The van der Waals surface area contributed by atoms with E-state index in [1.807, 2.05) is 36.9 Å². The van der Waals surface area contributed by atoms with Gasteiger partial charge in [0.15, 0.2) is 0 Å². The molecule has 0 aromatic heterocycles. The molecule has 0 aliphatic heterocycles. The number of hydrogen-bond acceptors (Lipinski definition) is 3. The van der Waals surface area contributed by atoms with Gasteiger partial charge in [-0.25, -0.2) is 0 Å². The highest BCUT2D eigenvalue weighted by molar-refractivity contribution is 5.76. The first kappa shape index (κ1) is 15.7. The smallest absolute Gasteiger partial charge is 0.224 e. The minimum atomic E-state index is 0.0355. The van der Waals surface area contributed by atoms with Crippen molar-refractivity contribution in [1.29, 1.82) is 0 Å². The van der Waals surface area contributed by atoms with E-state index in [1.54, 1.807) is 0 Å². The maximum atomic E-state index is 12.0. The molecule has 0 aliphatic rings. The molecule has 106 valence electrons. The summed E-state index contributed by atoms with van der Waals surface area (Å²) >= 11 is 0. The van der Waals surface area contributed by atoms with Crippen molar-refractivity contribution in [3.63, 3.8) is 0 Å². The van der Waals surface area contributed by atoms with E-state index in [0.29, 0.717) is 13.0 Å². The predicted octanol–water partition coefficient (Wildman–Crippen LogP) is 1.36. The Morgan fingerprint density at radius 1 is 1.26 bits per heavy atom. The Kier molecular flexibility index (Phi) is 7.15. The molecule has 1 atom stereocenters. The van der Waals surface area contributed by atoms with Gasteiger partial charge < -0.3 is 16.0 Å². The lowest BCUT2D eigenvalue weighted by Gasteiger charge is -2.22. The van der Waals surface area contributed by atoms with E-state index in [0.717, 1.165) is 19.6 Å². The lowest BCUT2D eigenvalue weighted by Crippen LogP contribution is -2.41. The minimum Gasteiger partial charge on any atom is -0.343 e. The number of nitrogens with two attached hydrogens (primary N) is 1. The molecule has 0 radical (unpaired) electrons. The van der Waals surface area contributed by atoms with E-state index in [2.05, 4.69) is 17.4 Å². The molecule has 0 bridgehead atoms. The van der Waals surface area contributed by atoms with Gasteiger partial charge in [0, 0.05) is 38.6 Å². The van der Waals surface area contributed by atoms with Gasteiger partial charge in [-0.1, -0.05) is 30.3 Å². The summed E-state index contributed by atoms with van der Waals surface area (Å²) in [5.41, 5.74) is 6.94. The number of rotatable bonds is 8. The second-order valence-corrected chi connectivity index (χ2v) is 4.57.